The van der Waals surface area contributed by atoms with Crippen LogP contribution in [0.3, 0.4) is 0 Å². The molecule has 4 heteroatoms. The predicted molar refractivity (Wildman–Crippen MR) is 97.3 cm³/mol. The Bertz CT molecular complexity index is 564. The van der Waals surface area contributed by atoms with E-state index in [1.54, 1.807) is 11.3 Å². The minimum atomic E-state index is 0.256. The van der Waals surface area contributed by atoms with Gasteiger partial charge in [-0.25, -0.2) is 0 Å². The zero-order chi connectivity index (χ0) is 16.6. The number of carbonyl (C=O) groups is 1. The minimum Gasteiger partial charge on any atom is -0.338 e. The molecule has 0 saturated carbocycles. The van der Waals surface area contributed by atoms with E-state index < -0.39 is 0 Å². The molecular formula is C19H30N2OS. The Hall–Kier alpha value is -0.870. The molecule has 0 aromatic carbocycles. The van der Waals surface area contributed by atoms with Gasteiger partial charge in [0.1, 0.15) is 0 Å². The number of nitrogens with zero attached hydrogens (tertiary/aromatic N) is 1. The molecule has 1 aliphatic carbocycles. The highest BCUT2D eigenvalue weighted by Crippen LogP contribution is 2.40. The molecule has 1 saturated heterocycles. The molecule has 1 N–H and O–H groups in total. The molecule has 1 amide bonds. The lowest BCUT2D eigenvalue weighted by molar-refractivity contribution is 0.0712. The number of fused-ring (bicyclic) bond motifs is 1. The molecule has 1 fully saturated rings. The SMILES string of the molecule is CNC1CCN(C(=O)c2cc3c(s2)CCC(C(C)(C)C)C3)CC1. The maximum atomic E-state index is 12.8. The number of likely N-dealkylation sites (tertiary alicyclic amines) is 1. The summed E-state index contributed by atoms with van der Waals surface area (Å²) in [6.07, 6.45) is 5.69. The molecular weight excluding hydrogens is 304 g/mol. The van der Waals surface area contributed by atoms with Crippen LogP contribution in [0.4, 0.5) is 0 Å². The van der Waals surface area contributed by atoms with Crippen molar-refractivity contribution in [3.63, 3.8) is 0 Å². The molecule has 2 aliphatic rings. The van der Waals surface area contributed by atoms with Crippen molar-refractivity contribution >= 4 is 17.2 Å². The van der Waals surface area contributed by atoms with Gasteiger partial charge in [0, 0.05) is 24.0 Å². The quantitative estimate of drug-likeness (QED) is 0.894. The smallest absolute Gasteiger partial charge is 0.263 e. The summed E-state index contributed by atoms with van der Waals surface area (Å²) in [6.45, 7) is 8.79. The Morgan fingerprint density at radius 2 is 1.96 bits per heavy atom. The lowest BCUT2D eigenvalue weighted by Gasteiger charge is -2.33. The third kappa shape index (κ3) is 3.63. The van der Waals surface area contributed by atoms with Gasteiger partial charge in [-0.3, -0.25) is 4.79 Å². The normalized spacial score (nSPS) is 23.0. The lowest BCUT2D eigenvalue weighted by Crippen LogP contribution is -2.43. The molecule has 3 rings (SSSR count). The van der Waals surface area contributed by atoms with E-state index >= 15 is 0 Å². The highest BCUT2D eigenvalue weighted by atomic mass is 32.1. The van der Waals surface area contributed by atoms with Gasteiger partial charge in [-0.15, -0.1) is 11.3 Å². The average molecular weight is 335 g/mol. The number of nitrogens with one attached hydrogen (secondary N) is 1. The van der Waals surface area contributed by atoms with E-state index in [4.69, 9.17) is 0 Å². The van der Waals surface area contributed by atoms with Crippen molar-refractivity contribution in [2.24, 2.45) is 11.3 Å². The van der Waals surface area contributed by atoms with Crippen molar-refractivity contribution in [1.82, 2.24) is 10.2 Å². The summed E-state index contributed by atoms with van der Waals surface area (Å²) < 4.78 is 0. The van der Waals surface area contributed by atoms with Crippen LogP contribution in [-0.2, 0) is 12.8 Å². The Morgan fingerprint density at radius 3 is 2.57 bits per heavy atom. The predicted octanol–water partition coefficient (Wildman–Crippen LogP) is 3.72. The number of rotatable bonds is 2. The molecule has 0 spiro atoms. The zero-order valence-corrected chi connectivity index (χ0v) is 15.8. The fraction of sp³-hybridized carbons (Fsp3) is 0.737. The monoisotopic (exact) mass is 334 g/mol. The van der Waals surface area contributed by atoms with Crippen molar-refractivity contribution in [2.75, 3.05) is 20.1 Å². The molecule has 0 radical (unpaired) electrons. The van der Waals surface area contributed by atoms with Gasteiger partial charge < -0.3 is 10.2 Å². The number of carbonyl (C=O) groups excluding carboxylic acids is 1. The average Bonchev–Trinajstić information content (AvgIpc) is 2.96. The lowest BCUT2D eigenvalue weighted by atomic mass is 9.72. The number of amides is 1. The van der Waals surface area contributed by atoms with Crippen LogP contribution in [0.5, 0.6) is 0 Å². The summed E-state index contributed by atoms with van der Waals surface area (Å²) in [5.41, 5.74) is 1.80. The van der Waals surface area contributed by atoms with E-state index in [9.17, 15) is 4.79 Å². The summed E-state index contributed by atoms with van der Waals surface area (Å²) in [5, 5.41) is 3.33. The highest BCUT2D eigenvalue weighted by molar-refractivity contribution is 7.14. The van der Waals surface area contributed by atoms with Gasteiger partial charge in [0.25, 0.3) is 5.91 Å². The fourth-order valence-corrected chi connectivity index (χ4v) is 5.07. The van der Waals surface area contributed by atoms with Gasteiger partial charge in [0.15, 0.2) is 0 Å². The molecule has 2 heterocycles. The first-order valence-electron chi connectivity index (χ1n) is 8.96. The second-order valence-electron chi connectivity index (χ2n) is 8.22. The van der Waals surface area contributed by atoms with Gasteiger partial charge >= 0.3 is 0 Å². The van der Waals surface area contributed by atoms with Gasteiger partial charge in [-0.1, -0.05) is 20.8 Å². The van der Waals surface area contributed by atoms with E-state index in [1.807, 2.05) is 11.9 Å². The molecule has 1 aromatic heterocycles. The van der Waals surface area contributed by atoms with Crippen molar-refractivity contribution in [2.45, 2.75) is 58.9 Å². The van der Waals surface area contributed by atoms with E-state index in [2.05, 4.69) is 32.2 Å². The summed E-state index contributed by atoms with van der Waals surface area (Å²) in [4.78, 5) is 17.3. The van der Waals surface area contributed by atoms with Crippen LogP contribution < -0.4 is 5.32 Å². The Labute approximate surface area is 144 Å². The second kappa shape index (κ2) is 6.56. The minimum absolute atomic E-state index is 0.256. The van der Waals surface area contributed by atoms with E-state index in [-0.39, 0.29) is 5.91 Å². The number of hydrogen-bond acceptors (Lipinski definition) is 3. The summed E-state index contributed by atoms with van der Waals surface area (Å²) in [6, 6.07) is 2.77. The van der Waals surface area contributed by atoms with Crippen LogP contribution >= 0.6 is 11.3 Å². The Kier molecular flexibility index (Phi) is 4.84. The van der Waals surface area contributed by atoms with Gasteiger partial charge in [0.05, 0.1) is 4.88 Å². The third-order valence-electron chi connectivity index (χ3n) is 5.71. The molecule has 1 atom stereocenters. The van der Waals surface area contributed by atoms with E-state index in [1.165, 1.54) is 16.9 Å². The molecule has 3 nitrogen and oxygen atoms in total. The Balaban J connectivity index is 1.69. The van der Waals surface area contributed by atoms with Crippen LogP contribution in [0.1, 0.15) is 60.1 Å². The van der Waals surface area contributed by atoms with Crippen LogP contribution in [0.2, 0.25) is 0 Å². The van der Waals surface area contributed by atoms with Gasteiger partial charge in [0.2, 0.25) is 0 Å². The molecule has 1 aromatic rings. The van der Waals surface area contributed by atoms with E-state index in [0.29, 0.717) is 11.5 Å². The largest absolute Gasteiger partial charge is 0.338 e. The van der Waals surface area contributed by atoms with Crippen molar-refractivity contribution < 1.29 is 4.79 Å². The van der Waals surface area contributed by atoms with Crippen LogP contribution in [0.15, 0.2) is 6.07 Å². The summed E-state index contributed by atoms with van der Waals surface area (Å²) in [5.74, 6) is 0.991. The van der Waals surface area contributed by atoms with E-state index in [0.717, 1.165) is 49.6 Å². The van der Waals surface area contributed by atoms with Crippen LogP contribution in [0.25, 0.3) is 0 Å². The first kappa shape index (κ1) is 17.0. The molecule has 0 bridgehead atoms. The van der Waals surface area contributed by atoms with Crippen LogP contribution in [-0.4, -0.2) is 37.0 Å². The topological polar surface area (TPSA) is 32.3 Å². The maximum Gasteiger partial charge on any atom is 0.263 e. The first-order chi connectivity index (χ1) is 10.9. The third-order valence-corrected chi connectivity index (χ3v) is 6.93. The van der Waals surface area contributed by atoms with Gasteiger partial charge in [-0.05, 0) is 62.1 Å². The fourth-order valence-electron chi connectivity index (χ4n) is 3.90. The molecule has 128 valence electrons. The summed E-state index contributed by atoms with van der Waals surface area (Å²) >= 11 is 1.75. The molecule has 1 aliphatic heterocycles. The number of aryl methyl sites for hydroxylation is 1. The maximum absolute atomic E-state index is 12.8. The van der Waals surface area contributed by atoms with Crippen molar-refractivity contribution in [3.05, 3.63) is 21.4 Å². The first-order valence-corrected chi connectivity index (χ1v) is 9.78. The number of thiophene rings is 1. The number of hydrogen-bond donors (Lipinski definition) is 1. The second-order valence-corrected chi connectivity index (χ2v) is 9.36. The van der Waals surface area contributed by atoms with Crippen molar-refractivity contribution in [3.8, 4) is 0 Å². The standard InChI is InChI=1S/C19H30N2OS/c1-19(2,3)14-5-6-16-13(11-14)12-17(23-16)18(22)21-9-7-15(20-4)8-10-21/h12,14-15,20H,5-11H2,1-4H3. The van der Waals surface area contributed by atoms with Gasteiger partial charge in [-0.2, -0.15) is 0 Å². The summed E-state index contributed by atoms with van der Waals surface area (Å²) in [7, 11) is 2.01. The zero-order valence-electron chi connectivity index (χ0n) is 14.9. The van der Waals surface area contributed by atoms with Crippen LogP contribution in [0, 0.1) is 11.3 Å². The number of piperidine rings is 1. The molecule has 1 unspecified atom stereocenters. The Morgan fingerprint density at radius 1 is 1.26 bits per heavy atom. The van der Waals surface area contributed by atoms with Crippen molar-refractivity contribution in [1.29, 1.82) is 0 Å². The highest BCUT2D eigenvalue weighted by Gasteiger charge is 2.31. The molecule has 23 heavy (non-hydrogen) atoms.